The summed E-state index contributed by atoms with van der Waals surface area (Å²) in [7, 11) is 0. The normalized spacial score (nSPS) is 16.9. The molecule has 1 aliphatic carbocycles. The molecule has 4 N–H and O–H groups in total. The molecule has 2 rings (SSSR count). The Morgan fingerprint density at radius 1 is 1.29 bits per heavy atom. The highest BCUT2D eigenvalue weighted by molar-refractivity contribution is 5.46. The lowest BCUT2D eigenvalue weighted by Crippen LogP contribution is -2.15. The highest BCUT2D eigenvalue weighted by Gasteiger charge is 2.14. The molecule has 1 fully saturated rings. The monoisotopic (exact) mass is 192 g/mol. The van der Waals surface area contributed by atoms with E-state index in [-0.39, 0.29) is 0 Å². The molecule has 0 saturated heterocycles. The van der Waals surface area contributed by atoms with Crippen LogP contribution in [0, 0.1) is 0 Å². The van der Waals surface area contributed by atoms with Crippen molar-refractivity contribution in [3.63, 3.8) is 0 Å². The number of hydrogen-bond donors (Lipinski definition) is 3. The average molecular weight is 192 g/mol. The van der Waals surface area contributed by atoms with Gasteiger partial charge in [-0.1, -0.05) is 12.8 Å². The number of pyridine rings is 1. The van der Waals surface area contributed by atoms with E-state index in [1.54, 1.807) is 6.20 Å². The van der Waals surface area contributed by atoms with Gasteiger partial charge in [0.05, 0.1) is 11.9 Å². The summed E-state index contributed by atoms with van der Waals surface area (Å²) in [6.45, 7) is 0. The summed E-state index contributed by atoms with van der Waals surface area (Å²) >= 11 is 0. The second kappa shape index (κ2) is 4.28. The first kappa shape index (κ1) is 9.27. The van der Waals surface area contributed by atoms with E-state index in [4.69, 9.17) is 5.84 Å². The first-order chi connectivity index (χ1) is 6.88. The van der Waals surface area contributed by atoms with Crippen molar-refractivity contribution in [3.8, 4) is 0 Å². The third kappa shape index (κ3) is 2.14. The van der Waals surface area contributed by atoms with Crippen molar-refractivity contribution in [2.75, 3.05) is 10.7 Å². The summed E-state index contributed by atoms with van der Waals surface area (Å²) in [5.41, 5.74) is 3.39. The Morgan fingerprint density at radius 3 is 2.64 bits per heavy atom. The lowest BCUT2D eigenvalue weighted by Gasteiger charge is -2.12. The molecule has 0 radical (unpaired) electrons. The van der Waals surface area contributed by atoms with Crippen molar-refractivity contribution in [2.45, 2.75) is 31.7 Å². The van der Waals surface area contributed by atoms with Crippen LogP contribution in [-0.2, 0) is 0 Å². The van der Waals surface area contributed by atoms with E-state index in [1.807, 2.05) is 12.1 Å². The van der Waals surface area contributed by atoms with Crippen LogP contribution in [0.3, 0.4) is 0 Å². The zero-order valence-electron chi connectivity index (χ0n) is 8.16. The van der Waals surface area contributed by atoms with E-state index in [0.29, 0.717) is 6.04 Å². The SMILES string of the molecule is NNc1ccc(NC2CCCC2)nc1. The summed E-state index contributed by atoms with van der Waals surface area (Å²) < 4.78 is 0. The van der Waals surface area contributed by atoms with Gasteiger partial charge in [0.15, 0.2) is 0 Å². The van der Waals surface area contributed by atoms with Gasteiger partial charge in [-0.3, -0.25) is 5.84 Å². The topological polar surface area (TPSA) is 63.0 Å². The molecule has 0 aliphatic heterocycles. The number of nitrogens with zero attached hydrogens (tertiary/aromatic N) is 1. The van der Waals surface area contributed by atoms with Gasteiger partial charge in [-0.2, -0.15) is 0 Å². The highest BCUT2D eigenvalue weighted by atomic mass is 15.2. The summed E-state index contributed by atoms with van der Waals surface area (Å²) in [5.74, 6) is 6.19. The largest absolute Gasteiger partial charge is 0.367 e. The fourth-order valence-electron chi connectivity index (χ4n) is 1.84. The van der Waals surface area contributed by atoms with Crippen molar-refractivity contribution in [1.29, 1.82) is 0 Å². The maximum atomic E-state index is 5.25. The van der Waals surface area contributed by atoms with Crippen LogP contribution in [0.25, 0.3) is 0 Å². The van der Waals surface area contributed by atoms with Crippen LogP contribution in [0.1, 0.15) is 25.7 Å². The highest BCUT2D eigenvalue weighted by Crippen LogP contribution is 2.21. The van der Waals surface area contributed by atoms with Gasteiger partial charge in [-0.05, 0) is 25.0 Å². The molecular weight excluding hydrogens is 176 g/mol. The second-order valence-corrected chi connectivity index (χ2v) is 3.70. The Kier molecular flexibility index (Phi) is 2.84. The van der Waals surface area contributed by atoms with Crippen LogP contribution in [0.5, 0.6) is 0 Å². The van der Waals surface area contributed by atoms with E-state index >= 15 is 0 Å². The maximum absolute atomic E-state index is 5.25. The van der Waals surface area contributed by atoms with Gasteiger partial charge in [0.25, 0.3) is 0 Å². The molecule has 1 aromatic rings. The van der Waals surface area contributed by atoms with Gasteiger partial charge >= 0.3 is 0 Å². The molecule has 76 valence electrons. The number of aromatic nitrogens is 1. The molecule has 4 nitrogen and oxygen atoms in total. The Labute approximate surface area is 83.9 Å². The number of nitrogen functional groups attached to an aromatic ring is 1. The molecule has 1 aliphatic rings. The predicted molar refractivity (Wildman–Crippen MR) is 57.9 cm³/mol. The van der Waals surface area contributed by atoms with Crippen molar-refractivity contribution in [2.24, 2.45) is 5.84 Å². The standard InChI is InChI=1S/C10H16N4/c11-14-9-5-6-10(12-7-9)13-8-3-1-2-4-8/h5-8,14H,1-4,11H2,(H,12,13). The van der Waals surface area contributed by atoms with Crippen LogP contribution < -0.4 is 16.6 Å². The van der Waals surface area contributed by atoms with E-state index in [2.05, 4.69) is 15.7 Å². The van der Waals surface area contributed by atoms with E-state index in [9.17, 15) is 0 Å². The van der Waals surface area contributed by atoms with Crippen LogP contribution in [0.4, 0.5) is 11.5 Å². The minimum absolute atomic E-state index is 0.610. The zero-order valence-corrected chi connectivity index (χ0v) is 8.16. The summed E-state index contributed by atoms with van der Waals surface area (Å²) in [5, 5.41) is 3.41. The van der Waals surface area contributed by atoms with Gasteiger partial charge in [-0.25, -0.2) is 4.98 Å². The fraction of sp³-hybridized carbons (Fsp3) is 0.500. The first-order valence-corrected chi connectivity index (χ1v) is 5.08. The fourth-order valence-corrected chi connectivity index (χ4v) is 1.84. The molecule has 0 spiro atoms. The van der Waals surface area contributed by atoms with Crippen LogP contribution in [-0.4, -0.2) is 11.0 Å². The smallest absolute Gasteiger partial charge is 0.126 e. The number of hydrazine groups is 1. The number of hydrogen-bond acceptors (Lipinski definition) is 4. The maximum Gasteiger partial charge on any atom is 0.126 e. The van der Waals surface area contributed by atoms with E-state index in [1.165, 1.54) is 25.7 Å². The average Bonchev–Trinajstić information content (AvgIpc) is 2.72. The van der Waals surface area contributed by atoms with Crippen LogP contribution in [0.2, 0.25) is 0 Å². The van der Waals surface area contributed by atoms with E-state index < -0.39 is 0 Å². The Balaban J connectivity index is 1.95. The molecule has 0 amide bonds. The van der Waals surface area contributed by atoms with Gasteiger partial charge < -0.3 is 10.7 Å². The van der Waals surface area contributed by atoms with Crippen molar-refractivity contribution >= 4 is 11.5 Å². The molecular formula is C10H16N4. The van der Waals surface area contributed by atoms with Gasteiger partial charge in [-0.15, -0.1) is 0 Å². The molecule has 1 aromatic heterocycles. The first-order valence-electron chi connectivity index (χ1n) is 5.08. The molecule has 4 heteroatoms. The molecule has 14 heavy (non-hydrogen) atoms. The van der Waals surface area contributed by atoms with Gasteiger partial charge in [0.1, 0.15) is 5.82 Å². The van der Waals surface area contributed by atoms with E-state index in [0.717, 1.165) is 11.5 Å². The molecule has 0 bridgehead atoms. The zero-order chi connectivity index (χ0) is 9.80. The molecule has 0 aromatic carbocycles. The quantitative estimate of drug-likeness (QED) is 0.504. The van der Waals surface area contributed by atoms with Crippen molar-refractivity contribution in [3.05, 3.63) is 18.3 Å². The Morgan fingerprint density at radius 2 is 2.07 bits per heavy atom. The van der Waals surface area contributed by atoms with Gasteiger partial charge in [0, 0.05) is 6.04 Å². The minimum atomic E-state index is 0.610. The van der Waals surface area contributed by atoms with Gasteiger partial charge in [0.2, 0.25) is 0 Å². The Bertz CT molecular complexity index is 277. The lowest BCUT2D eigenvalue weighted by atomic mass is 10.2. The predicted octanol–water partition coefficient (Wildman–Crippen LogP) is 1.72. The van der Waals surface area contributed by atoms with Crippen molar-refractivity contribution in [1.82, 2.24) is 4.98 Å². The number of nitrogens with one attached hydrogen (secondary N) is 2. The number of nitrogens with two attached hydrogens (primary N) is 1. The number of anilines is 2. The number of rotatable bonds is 3. The van der Waals surface area contributed by atoms with Crippen molar-refractivity contribution < 1.29 is 0 Å². The third-order valence-corrected chi connectivity index (χ3v) is 2.64. The van der Waals surface area contributed by atoms with Crippen LogP contribution >= 0.6 is 0 Å². The molecule has 1 saturated carbocycles. The van der Waals surface area contributed by atoms with Crippen LogP contribution in [0.15, 0.2) is 18.3 Å². The summed E-state index contributed by atoms with van der Waals surface area (Å²) in [6.07, 6.45) is 6.93. The summed E-state index contributed by atoms with van der Waals surface area (Å²) in [6, 6.07) is 4.48. The molecule has 0 atom stereocenters. The molecule has 1 heterocycles. The minimum Gasteiger partial charge on any atom is -0.367 e. The third-order valence-electron chi connectivity index (χ3n) is 2.64. The molecule has 0 unspecified atom stereocenters. The summed E-state index contributed by atoms with van der Waals surface area (Å²) in [4.78, 5) is 4.26. The lowest BCUT2D eigenvalue weighted by molar-refractivity contribution is 0.750. The Hall–Kier alpha value is -1.29. The second-order valence-electron chi connectivity index (χ2n) is 3.70.